The van der Waals surface area contributed by atoms with E-state index in [-0.39, 0.29) is 21.4 Å². The fourth-order valence-electron chi connectivity index (χ4n) is 3.81. The van der Waals surface area contributed by atoms with E-state index in [1.54, 1.807) is 23.9 Å². The van der Waals surface area contributed by atoms with Gasteiger partial charge < -0.3 is 4.90 Å². The Bertz CT molecular complexity index is 1110. The van der Waals surface area contributed by atoms with Gasteiger partial charge >= 0.3 is 0 Å². The molecule has 0 spiro atoms. The summed E-state index contributed by atoms with van der Waals surface area (Å²) < 4.78 is 0. The van der Waals surface area contributed by atoms with Gasteiger partial charge in [0.1, 0.15) is 5.69 Å². The van der Waals surface area contributed by atoms with E-state index >= 15 is 0 Å². The Morgan fingerprint density at radius 2 is 1.23 bits per heavy atom. The lowest BCUT2D eigenvalue weighted by atomic mass is 9.86. The summed E-state index contributed by atoms with van der Waals surface area (Å²) in [6, 6.07) is 19.9. The molecule has 0 aliphatic carbocycles. The van der Waals surface area contributed by atoms with Crippen molar-refractivity contribution in [1.82, 2.24) is 0 Å². The molecule has 5 heteroatoms. The van der Waals surface area contributed by atoms with Crippen LogP contribution in [0.2, 0.25) is 0 Å². The summed E-state index contributed by atoms with van der Waals surface area (Å²) in [6.45, 7) is 13.2. The molecule has 0 N–H and O–H groups in total. The predicted molar refractivity (Wildman–Crippen MR) is 129 cm³/mol. The van der Waals surface area contributed by atoms with Gasteiger partial charge in [-0.25, -0.2) is 0 Å². The van der Waals surface area contributed by atoms with E-state index in [0.29, 0.717) is 5.69 Å². The van der Waals surface area contributed by atoms with Crippen molar-refractivity contribution in [3.63, 3.8) is 0 Å². The topological polar surface area (TPSA) is 46.4 Å². The van der Waals surface area contributed by atoms with Gasteiger partial charge in [-0.15, -0.1) is 0 Å². The van der Waals surface area contributed by atoms with Crippen molar-refractivity contribution >= 4 is 34.5 Å². The maximum absolute atomic E-state index is 11.8. The van der Waals surface area contributed by atoms with Crippen LogP contribution >= 0.6 is 11.8 Å². The Kier molecular flexibility index (Phi) is 5.13. The zero-order chi connectivity index (χ0) is 22.6. The smallest absolute Gasteiger partial charge is 0.293 e. The number of benzene rings is 3. The normalized spacial score (nSPS) is 13.5. The molecule has 0 saturated heterocycles. The molecule has 0 fully saturated rings. The van der Waals surface area contributed by atoms with Crippen molar-refractivity contribution in [1.29, 1.82) is 0 Å². The molecule has 0 aromatic heterocycles. The van der Waals surface area contributed by atoms with Crippen LogP contribution in [0.5, 0.6) is 0 Å². The summed E-state index contributed by atoms with van der Waals surface area (Å²) in [5.41, 5.74) is 5.17. The highest BCUT2D eigenvalue weighted by Crippen LogP contribution is 2.54. The first-order valence-electron chi connectivity index (χ1n) is 10.5. The van der Waals surface area contributed by atoms with Gasteiger partial charge in [-0.3, -0.25) is 10.1 Å². The van der Waals surface area contributed by atoms with Crippen molar-refractivity contribution < 1.29 is 4.92 Å². The number of hydrogen-bond acceptors (Lipinski definition) is 4. The van der Waals surface area contributed by atoms with E-state index in [9.17, 15) is 10.1 Å². The molecule has 1 aliphatic rings. The third-order valence-corrected chi connectivity index (χ3v) is 6.77. The first kappa shape index (κ1) is 21.4. The zero-order valence-electron chi connectivity index (χ0n) is 18.9. The molecule has 3 aromatic carbocycles. The van der Waals surface area contributed by atoms with Gasteiger partial charge in [0.25, 0.3) is 5.69 Å². The third-order valence-electron chi connectivity index (χ3n) is 5.67. The van der Waals surface area contributed by atoms with Gasteiger partial charge in [0.2, 0.25) is 0 Å². The summed E-state index contributed by atoms with van der Waals surface area (Å²) in [7, 11) is 0. The molecule has 0 atom stereocenters. The van der Waals surface area contributed by atoms with Crippen molar-refractivity contribution in [3.8, 4) is 0 Å². The number of fused-ring (bicyclic) bond motifs is 2. The second kappa shape index (κ2) is 7.41. The fraction of sp³-hybridized carbons (Fsp3) is 0.308. The van der Waals surface area contributed by atoms with E-state index in [1.165, 1.54) is 11.1 Å². The highest BCUT2D eigenvalue weighted by atomic mass is 32.2. The van der Waals surface area contributed by atoms with Crippen molar-refractivity contribution in [2.75, 3.05) is 4.90 Å². The first-order valence-corrected chi connectivity index (χ1v) is 11.3. The molecule has 4 nitrogen and oxygen atoms in total. The predicted octanol–water partition coefficient (Wildman–Crippen LogP) is 8.12. The summed E-state index contributed by atoms with van der Waals surface area (Å²) in [5, 5.41) is 11.8. The monoisotopic (exact) mass is 432 g/mol. The number of rotatable bonds is 2. The number of anilines is 3. The van der Waals surface area contributed by atoms with Crippen LogP contribution in [0.1, 0.15) is 52.7 Å². The van der Waals surface area contributed by atoms with Crippen LogP contribution < -0.4 is 4.90 Å². The maximum Gasteiger partial charge on any atom is 0.293 e. The molecule has 4 rings (SSSR count). The molecular formula is C26H28N2O2S. The van der Waals surface area contributed by atoms with Gasteiger partial charge in [-0.2, -0.15) is 0 Å². The van der Waals surface area contributed by atoms with Crippen LogP contribution in [0.4, 0.5) is 22.7 Å². The molecule has 0 saturated carbocycles. The first-order chi connectivity index (χ1) is 14.5. The highest BCUT2D eigenvalue weighted by Gasteiger charge is 2.31. The molecule has 0 radical (unpaired) electrons. The number of nitro benzene ring substituents is 1. The number of hydrogen-bond donors (Lipinski definition) is 0. The van der Waals surface area contributed by atoms with Crippen molar-refractivity contribution in [2.45, 2.75) is 62.2 Å². The maximum atomic E-state index is 11.8. The molecule has 3 aromatic rings. The quantitative estimate of drug-likeness (QED) is 0.237. The summed E-state index contributed by atoms with van der Waals surface area (Å²) in [6.07, 6.45) is 0. The van der Waals surface area contributed by atoms with Gasteiger partial charge in [-0.05, 0) is 52.3 Å². The summed E-state index contributed by atoms with van der Waals surface area (Å²) in [4.78, 5) is 15.8. The molecule has 160 valence electrons. The van der Waals surface area contributed by atoms with Crippen LogP contribution in [0, 0.1) is 10.1 Å². The van der Waals surface area contributed by atoms with E-state index in [4.69, 9.17) is 0 Å². The van der Waals surface area contributed by atoms with Gasteiger partial charge in [0.05, 0.1) is 16.3 Å². The van der Waals surface area contributed by atoms with Gasteiger partial charge in [0.15, 0.2) is 0 Å². The van der Waals surface area contributed by atoms with Crippen LogP contribution in [-0.2, 0) is 10.8 Å². The number of para-hydroxylation sites is 2. The standard InChI is InChI=1S/C26H28N2O2S/c1-25(2,3)17-11-13-21-23(15-17)31-24-16-18(26(4,5)6)12-14-22(24)27(21)19-9-7-8-10-20(19)28(29)30/h7-16H,1-6H3. The minimum absolute atomic E-state index is 0.0205. The lowest BCUT2D eigenvalue weighted by Crippen LogP contribution is -2.19. The van der Waals surface area contributed by atoms with Crippen LogP contribution in [0.3, 0.4) is 0 Å². The Hall–Kier alpha value is -2.79. The minimum atomic E-state index is -0.302. The average Bonchev–Trinajstić information content (AvgIpc) is 2.69. The van der Waals surface area contributed by atoms with E-state index < -0.39 is 0 Å². The fourth-order valence-corrected chi connectivity index (χ4v) is 4.95. The molecular weight excluding hydrogens is 404 g/mol. The van der Waals surface area contributed by atoms with Crippen LogP contribution in [0.25, 0.3) is 0 Å². The van der Waals surface area contributed by atoms with Crippen LogP contribution in [0.15, 0.2) is 70.5 Å². The van der Waals surface area contributed by atoms with E-state index in [1.807, 2.05) is 17.0 Å². The largest absolute Gasteiger partial charge is 0.302 e. The molecule has 0 unspecified atom stereocenters. The molecule has 0 amide bonds. The highest BCUT2D eigenvalue weighted by molar-refractivity contribution is 7.99. The Morgan fingerprint density at radius 1 is 0.742 bits per heavy atom. The SMILES string of the molecule is CC(C)(C)c1ccc2c(c1)Sc1cc(C(C)(C)C)ccc1N2c1ccccc1[N+](=O)[O-]. The van der Waals surface area contributed by atoms with E-state index in [2.05, 4.69) is 77.9 Å². The van der Waals surface area contributed by atoms with Gasteiger partial charge in [0, 0.05) is 15.9 Å². The second-order valence-electron chi connectivity index (χ2n) is 10.0. The van der Waals surface area contributed by atoms with Crippen LogP contribution in [-0.4, -0.2) is 4.92 Å². The average molecular weight is 433 g/mol. The second-order valence-corrected chi connectivity index (χ2v) is 11.1. The van der Waals surface area contributed by atoms with Crippen molar-refractivity contribution in [2.24, 2.45) is 0 Å². The lowest BCUT2D eigenvalue weighted by Gasteiger charge is -2.34. The third kappa shape index (κ3) is 3.94. The van der Waals surface area contributed by atoms with Crippen molar-refractivity contribution in [3.05, 3.63) is 81.9 Å². The summed E-state index contributed by atoms with van der Waals surface area (Å²) >= 11 is 1.74. The minimum Gasteiger partial charge on any atom is -0.302 e. The Balaban J connectivity index is 1.98. The van der Waals surface area contributed by atoms with Gasteiger partial charge in [-0.1, -0.05) is 77.6 Å². The lowest BCUT2D eigenvalue weighted by molar-refractivity contribution is -0.384. The summed E-state index contributed by atoms with van der Waals surface area (Å²) in [5.74, 6) is 0. The van der Waals surface area contributed by atoms with E-state index in [0.717, 1.165) is 21.2 Å². The number of nitro groups is 1. The zero-order valence-corrected chi connectivity index (χ0v) is 19.7. The Labute approximate surface area is 188 Å². The Morgan fingerprint density at radius 3 is 1.68 bits per heavy atom. The molecule has 1 heterocycles. The molecule has 0 bridgehead atoms. The number of nitrogens with zero attached hydrogens (tertiary/aromatic N) is 2. The molecule has 1 aliphatic heterocycles. The molecule has 31 heavy (non-hydrogen) atoms.